The summed E-state index contributed by atoms with van der Waals surface area (Å²) >= 11 is 6.25. The number of rotatable bonds is 3. The highest BCUT2D eigenvalue weighted by molar-refractivity contribution is 6.31. The molecule has 0 spiro atoms. The number of nitrogens with zero attached hydrogens (tertiary/aromatic N) is 2. The molecule has 3 nitrogen and oxygen atoms in total. The van der Waals surface area contributed by atoms with Crippen molar-refractivity contribution >= 4 is 11.6 Å². The van der Waals surface area contributed by atoms with Crippen molar-refractivity contribution in [2.24, 2.45) is 11.7 Å². The first-order valence-electron chi connectivity index (χ1n) is 7.20. The van der Waals surface area contributed by atoms with Crippen LogP contribution < -0.4 is 5.73 Å². The van der Waals surface area contributed by atoms with Crippen LogP contribution in [0.3, 0.4) is 0 Å². The van der Waals surface area contributed by atoms with Gasteiger partial charge in [-0.3, -0.25) is 4.68 Å². The molecule has 0 aromatic carbocycles. The van der Waals surface area contributed by atoms with E-state index in [-0.39, 0.29) is 6.04 Å². The van der Waals surface area contributed by atoms with Gasteiger partial charge in [0.2, 0.25) is 0 Å². The van der Waals surface area contributed by atoms with Gasteiger partial charge in [-0.2, -0.15) is 5.10 Å². The van der Waals surface area contributed by atoms with E-state index < -0.39 is 0 Å². The highest BCUT2D eigenvalue weighted by atomic mass is 35.5. The van der Waals surface area contributed by atoms with E-state index in [1.165, 1.54) is 44.9 Å². The zero-order chi connectivity index (χ0) is 13.0. The first kappa shape index (κ1) is 13.9. The minimum Gasteiger partial charge on any atom is -0.322 e. The summed E-state index contributed by atoms with van der Waals surface area (Å²) in [7, 11) is 0. The Labute approximate surface area is 115 Å². The van der Waals surface area contributed by atoms with Gasteiger partial charge in [-0.25, -0.2) is 0 Å². The van der Waals surface area contributed by atoms with Crippen LogP contribution in [0, 0.1) is 5.92 Å². The topological polar surface area (TPSA) is 43.8 Å². The lowest BCUT2D eigenvalue weighted by Crippen LogP contribution is -2.25. The van der Waals surface area contributed by atoms with Crippen LogP contribution in [0.4, 0.5) is 0 Å². The zero-order valence-electron chi connectivity index (χ0n) is 11.2. The second-order valence-electron chi connectivity index (χ2n) is 5.32. The molecular weight excluding hydrogens is 246 g/mol. The average molecular weight is 270 g/mol. The van der Waals surface area contributed by atoms with Gasteiger partial charge in [0.15, 0.2) is 0 Å². The van der Waals surface area contributed by atoms with Crippen LogP contribution in [-0.2, 0) is 6.54 Å². The number of hydrogen-bond acceptors (Lipinski definition) is 2. The van der Waals surface area contributed by atoms with Gasteiger partial charge >= 0.3 is 0 Å². The Morgan fingerprint density at radius 3 is 2.56 bits per heavy atom. The molecule has 0 radical (unpaired) electrons. The molecule has 4 heteroatoms. The van der Waals surface area contributed by atoms with Crippen molar-refractivity contribution in [3.05, 3.63) is 16.9 Å². The fraction of sp³-hybridized carbons (Fsp3) is 0.786. The molecule has 2 rings (SSSR count). The van der Waals surface area contributed by atoms with Crippen molar-refractivity contribution in [2.45, 2.75) is 64.5 Å². The van der Waals surface area contributed by atoms with E-state index in [1.807, 2.05) is 4.68 Å². The second kappa shape index (κ2) is 6.58. The largest absolute Gasteiger partial charge is 0.322 e. The summed E-state index contributed by atoms with van der Waals surface area (Å²) in [5.74, 6) is 0.560. The van der Waals surface area contributed by atoms with Gasteiger partial charge in [0.05, 0.1) is 23.0 Å². The lowest BCUT2D eigenvalue weighted by Gasteiger charge is -2.26. The average Bonchev–Trinajstić information content (AvgIpc) is 2.69. The highest BCUT2D eigenvalue weighted by Crippen LogP contribution is 2.34. The standard InChI is InChI=1S/C14H24ClN3/c1-2-18-14(12(15)10-17-18)13(16)11-8-6-4-3-5-7-9-11/h10-11,13H,2-9,16H2,1H3. The molecule has 1 atom stereocenters. The van der Waals surface area contributed by atoms with Crippen LogP contribution in [0.2, 0.25) is 5.02 Å². The van der Waals surface area contributed by atoms with E-state index in [0.717, 1.165) is 17.3 Å². The molecule has 1 aliphatic rings. The Balaban J connectivity index is 2.12. The van der Waals surface area contributed by atoms with Crippen molar-refractivity contribution in [1.29, 1.82) is 0 Å². The fourth-order valence-corrected chi connectivity index (χ4v) is 3.29. The molecule has 1 saturated carbocycles. The number of nitrogens with two attached hydrogens (primary N) is 1. The zero-order valence-corrected chi connectivity index (χ0v) is 12.0. The molecule has 1 aliphatic carbocycles. The van der Waals surface area contributed by atoms with Crippen molar-refractivity contribution < 1.29 is 0 Å². The minimum absolute atomic E-state index is 0.0399. The molecule has 18 heavy (non-hydrogen) atoms. The molecule has 0 aliphatic heterocycles. The molecule has 1 aromatic heterocycles. The Kier molecular flexibility index (Phi) is 5.07. The number of hydrogen-bond donors (Lipinski definition) is 1. The van der Waals surface area contributed by atoms with Gasteiger partial charge in [0, 0.05) is 6.54 Å². The van der Waals surface area contributed by atoms with E-state index in [1.54, 1.807) is 6.20 Å². The second-order valence-corrected chi connectivity index (χ2v) is 5.73. The maximum atomic E-state index is 6.47. The van der Waals surface area contributed by atoms with E-state index in [0.29, 0.717) is 5.92 Å². The van der Waals surface area contributed by atoms with Crippen LogP contribution in [0.1, 0.15) is 63.6 Å². The van der Waals surface area contributed by atoms with Crippen LogP contribution >= 0.6 is 11.6 Å². The fourth-order valence-electron chi connectivity index (χ4n) is 3.03. The molecule has 1 unspecified atom stereocenters. The summed E-state index contributed by atoms with van der Waals surface area (Å²) < 4.78 is 1.95. The van der Waals surface area contributed by atoms with Crippen molar-refractivity contribution in [1.82, 2.24) is 9.78 Å². The van der Waals surface area contributed by atoms with Gasteiger partial charge in [-0.1, -0.05) is 43.7 Å². The van der Waals surface area contributed by atoms with Crippen LogP contribution in [0.5, 0.6) is 0 Å². The van der Waals surface area contributed by atoms with Gasteiger partial charge in [0.1, 0.15) is 0 Å². The Hall–Kier alpha value is -0.540. The predicted molar refractivity (Wildman–Crippen MR) is 75.6 cm³/mol. The van der Waals surface area contributed by atoms with Crippen LogP contribution in [-0.4, -0.2) is 9.78 Å². The molecule has 0 bridgehead atoms. The smallest absolute Gasteiger partial charge is 0.0834 e. The monoisotopic (exact) mass is 269 g/mol. The highest BCUT2D eigenvalue weighted by Gasteiger charge is 2.25. The number of aryl methyl sites for hydroxylation is 1. The summed E-state index contributed by atoms with van der Waals surface area (Å²) in [6.45, 7) is 2.92. The predicted octanol–water partition coefficient (Wildman–Crippen LogP) is 3.92. The van der Waals surface area contributed by atoms with Gasteiger partial charge in [-0.05, 0) is 25.7 Å². The van der Waals surface area contributed by atoms with Crippen LogP contribution in [0.25, 0.3) is 0 Å². The quantitative estimate of drug-likeness (QED) is 0.904. The van der Waals surface area contributed by atoms with Gasteiger partial charge < -0.3 is 5.73 Å². The molecule has 2 N–H and O–H groups in total. The lowest BCUT2D eigenvalue weighted by molar-refractivity contribution is 0.316. The van der Waals surface area contributed by atoms with Crippen molar-refractivity contribution in [3.63, 3.8) is 0 Å². The summed E-state index contributed by atoms with van der Waals surface area (Å²) in [5.41, 5.74) is 7.50. The maximum Gasteiger partial charge on any atom is 0.0834 e. The minimum atomic E-state index is 0.0399. The van der Waals surface area contributed by atoms with Gasteiger partial charge in [0.25, 0.3) is 0 Å². The Morgan fingerprint density at radius 1 is 1.33 bits per heavy atom. The molecule has 1 aromatic rings. The third kappa shape index (κ3) is 3.07. The van der Waals surface area contributed by atoms with Crippen LogP contribution in [0.15, 0.2) is 6.20 Å². The van der Waals surface area contributed by atoms with E-state index in [4.69, 9.17) is 17.3 Å². The maximum absolute atomic E-state index is 6.47. The van der Waals surface area contributed by atoms with E-state index >= 15 is 0 Å². The third-order valence-corrected chi connectivity index (χ3v) is 4.40. The number of halogens is 1. The van der Waals surface area contributed by atoms with Crippen molar-refractivity contribution in [3.8, 4) is 0 Å². The molecule has 1 heterocycles. The Bertz CT molecular complexity index is 367. The van der Waals surface area contributed by atoms with E-state index in [2.05, 4.69) is 12.0 Å². The molecule has 0 saturated heterocycles. The lowest BCUT2D eigenvalue weighted by atomic mass is 9.85. The van der Waals surface area contributed by atoms with Crippen molar-refractivity contribution in [2.75, 3.05) is 0 Å². The summed E-state index contributed by atoms with van der Waals surface area (Å²) in [6, 6.07) is 0.0399. The first-order valence-corrected chi connectivity index (χ1v) is 7.58. The summed E-state index contributed by atoms with van der Waals surface area (Å²) in [4.78, 5) is 0. The molecule has 1 fully saturated rings. The molecule has 102 valence electrons. The SMILES string of the molecule is CCn1ncc(Cl)c1C(N)C1CCCCCCC1. The third-order valence-electron chi connectivity index (χ3n) is 4.11. The normalized spacial score (nSPS) is 20.4. The molecule has 0 amide bonds. The summed E-state index contributed by atoms with van der Waals surface area (Å²) in [6.07, 6.45) is 10.9. The first-order chi connectivity index (χ1) is 8.74. The molecular formula is C14H24ClN3. The van der Waals surface area contributed by atoms with Gasteiger partial charge in [-0.15, -0.1) is 0 Å². The Morgan fingerprint density at radius 2 is 1.94 bits per heavy atom. The van der Waals surface area contributed by atoms with E-state index in [9.17, 15) is 0 Å². The number of aromatic nitrogens is 2. The summed E-state index contributed by atoms with van der Waals surface area (Å²) in [5, 5.41) is 5.02.